The summed E-state index contributed by atoms with van der Waals surface area (Å²) in [5.41, 5.74) is 0. The van der Waals surface area contributed by atoms with E-state index >= 15 is 0 Å². The van der Waals surface area contributed by atoms with Crippen molar-refractivity contribution < 1.29 is 0 Å². The van der Waals surface area contributed by atoms with E-state index in [4.69, 9.17) is 5.26 Å². The van der Waals surface area contributed by atoms with Gasteiger partial charge in [0.05, 0.1) is 12.0 Å². The molecule has 1 nitrogen and oxygen atoms in total. The Balaban J connectivity index is 3.23. The Bertz CT molecular complexity index is 99.7. The summed E-state index contributed by atoms with van der Waals surface area (Å²) in [6.07, 6.45) is 3.06. The van der Waals surface area contributed by atoms with Crippen molar-refractivity contribution in [3.05, 3.63) is 0 Å². The maximum Gasteiger partial charge on any atom is 0.0664 e. The molecule has 0 N–H and O–H groups in total. The van der Waals surface area contributed by atoms with Crippen LogP contribution in [0.4, 0.5) is 0 Å². The summed E-state index contributed by atoms with van der Waals surface area (Å²) in [6.45, 7) is 0. The first kappa shape index (κ1) is 9.32. The Morgan fingerprint density at radius 1 is 1.78 bits per heavy atom. The molecule has 1 unspecified atom stereocenters. The summed E-state index contributed by atoms with van der Waals surface area (Å²) < 4.78 is 0. The lowest BCUT2D eigenvalue weighted by Gasteiger charge is -2.00. The van der Waals surface area contributed by atoms with Crippen LogP contribution in [0.15, 0.2) is 0 Å². The number of hydrogen-bond donors (Lipinski definition) is 0. The first-order valence-electron chi connectivity index (χ1n) is 2.79. The van der Waals surface area contributed by atoms with Gasteiger partial charge in [-0.15, -0.1) is 0 Å². The fourth-order valence-electron chi connectivity index (χ4n) is 0.436. The smallest absolute Gasteiger partial charge is 0.0664 e. The number of nitrogens with zero attached hydrogens (tertiary/aromatic N) is 1. The molecule has 9 heavy (non-hydrogen) atoms. The van der Waals surface area contributed by atoms with Gasteiger partial charge >= 0.3 is 0 Å². The lowest BCUT2D eigenvalue weighted by molar-refractivity contribution is 0.737. The van der Waals surface area contributed by atoms with E-state index in [9.17, 15) is 0 Å². The minimum Gasteiger partial charge on any atom is -0.198 e. The van der Waals surface area contributed by atoms with E-state index in [1.165, 1.54) is 0 Å². The number of alkyl halides is 1. The molecule has 0 rings (SSSR count). The summed E-state index contributed by atoms with van der Waals surface area (Å²) in [5, 5.41) is 9.27. The molecule has 0 aromatic rings. The molecular weight excluding hydrogens is 198 g/mol. The molecule has 0 fully saturated rings. The Morgan fingerprint density at radius 2 is 2.44 bits per heavy atom. The van der Waals surface area contributed by atoms with Crippen LogP contribution in [-0.4, -0.2) is 17.3 Å². The predicted molar refractivity (Wildman–Crippen MR) is 45.9 cm³/mol. The van der Waals surface area contributed by atoms with Gasteiger partial charge in [0.15, 0.2) is 0 Å². The summed E-state index contributed by atoms with van der Waals surface area (Å²) >= 11 is 5.06. The highest BCUT2D eigenvalue weighted by molar-refractivity contribution is 9.09. The number of rotatable bonds is 4. The molecule has 0 saturated carbocycles. The first-order chi connectivity index (χ1) is 4.35. The van der Waals surface area contributed by atoms with Crippen molar-refractivity contribution in [2.24, 2.45) is 5.92 Å². The highest BCUT2D eigenvalue weighted by Crippen LogP contribution is 2.08. The van der Waals surface area contributed by atoms with Crippen molar-refractivity contribution in [3.8, 4) is 6.07 Å². The molecule has 0 aromatic carbocycles. The number of hydrogen-bond acceptors (Lipinski definition) is 2. The highest BCUT2D eigenvalue weighted by atomic mass is 79.9. The lowest BCUT2D eigenvalue weighted by atomic mass is 10.1. The molecule has 0 aliphatic heterocycles. The Labute approximate surface area is 68.9 Å². The van der Waals surface area contributed by atoms with Crippen LogP contribution in [0.25, 0.3) is 0 Å². The van der Waals surface area contributed by atoms with Crippen LogP contribution in [0.5, 0.6) is 0 Å². The summed E-state index contributed by atoms with van der Waals surface area (Å²) in [6, 6.07) is 2.23. The van der Waals surface area contributed by atoms with Crippen LogP contribution in [0, 0.1) is 17.2 Å². The quantitative estimate of drug-likeness (QED) is 0.661. The van der Waals surface area contributed by atoms with Crippen molar-refractivity contribution in [2.45, 2.75) is 6.42 Å². The summed E-state index contributed by atoms with van der Waals surface area (Å²) in [5.74, 6) is 1.29. The van der Waals surface area contributed by atoms with Crippen LogP contribution in [-0.2, 0) is 0 Å². The monoisotopic (exact) mass is 207 g/mol. The van der Waals surface area contributed by atoms with Crippen molar-refractivity contribution in [1.29, 1.82) is 5.26 Å². The molecule has 0 bridgehead atoms. The van der Waals surface area contributed by atoms with Crippen molar-refractivity contribution in [2.75, 3.05) is 17.3 Å². The van der Waals surface area contributed by atoms with E-state index in [-0.39, 0.29) is 5.92 Å². The Hall–Kier alpha value is 0.320. The SMILES string of the molecule is CSCCC(C#N)CBr. The Kier molecular flexibility index (Phi) is 6.67. The largest absolute Gasteiger partial charge is 0.198 e. The maximum atomic E-state index is 8.46. The predicted octanol–water partition coefficient (Wildman–Crippen LogP) is 2.27. The lowest BCUT2D eigenvalue weighted by Crippen LogP contribution is -1.98. The third kappa shape index (κ3) is 4.80. The van der Waals surface area contributed by atoms with E-state index < -0.39 is 0 Å². The van der Waals surface area contributed by atoms with Crippen LogP contribution in [0.3, 0.4) is 0 Å². The molecule has 0 heterocycles. The highest BCUT2D eigenvalue weighted by Gasteiger charge is 2.02. The maximum absolute atomic E-state index is 8.46. The molecule has 0 aliphatic rings. The molecular formula is C6H10BrNS. The van der Waals surface area contributed by atoms with Crippen LogP contribution in [0.1, 0.15) is 6.42 Å². The minimum atomic E-state index is 0.206. The third-order valence-electron chi connectivity index (χ3n) is 1.04. The van der Waals surface area contributed by atoms with Gasteiger partial charge in [0.1, 0.15) is 0 Å². The van der Waals surface area contributed by atoms with Crippen LogP contribution >= 0.6 is 27.7 Å². The van der Waals surface area contributed by atoms with Crippen LogP contribution in [0.2, 0.25) is 0 Å². The second-order valence-electron chi connectivity index (χ2n) is 1.76. The van der Waals surface area contributed by atoms with E-state index in [1.54, 1.807) is 11.8 Å². The molecule has 52 valence electrons. The third-order valence-corrected chi connectivity index (χ3v) is 2.46. The molecule has 3 heteroatoms. The molecule has 1 atom stereocenters. The average molecular weight is 208 g/mol. The van der Waals surface area contributed by atoms with E-state index in [2.05, 4.69) is 28.3 Å². The molecule has 0 amide bonds. The number of halogens is 1. The minimum absolute atomic E-state index is 0.206. The summed E-state index contributed by atoms with van der Waals surface area (Å²) in [7, 11) is 0. The van der Waals surface area contributed by atoms with Crippen molar-refractivity contribution in [3.63, 3.8) is 0 Å². The number of nitriles is 1. The van der Waals surface area contributed by atoms with Gasteiger partial charge in [-0.05, 0) is 18.4 Å². The molecule has 0 spiro atoms. The van der Waals surface area contributed by atoms with E-state index in [1.807, 2.05) is 0 Å². The zero-order chi connectivity index (χ0) is 7.11. The topological polar surface area (TPSA) is 23.8 Å². The standard InChI is InChI=1S/C6H10BrNS/c1-9-3-2-6(4-7)5-8/h6H,2-4H2,1H3. The Morgan fingerprint density at radius 3 is 2.78 bits per heavy atom. The summed E-state index contributed by atoms with van der Waals surface area (Å²) in [4.78, 5) is 0. The normalized spacial score (nSPS) is 12.6. The van der Waals surface area contributed by atoms with Gasteiger partial charge in [-0.25, -0.2) is 0 Å². The van der Waals surface area contributed by atoms with Crippen molar-refractivity contribution >= 4 is 27.7 Å². The first-order valence-corrected chi connectivity index (χ1v) is 5.31. The average Bonchev–Trinajstić information content (AvgIpc) is 1.91. The zero-order valence-electron chi connectivity index (χ0n) is 5.43. The van der Waals surface area contributed by atoms with Crippen molar-refractivity contribution in [1.82, 2.24) is 0 Å². The second kappa shape index (κ2) is 6.44. The van der Waals surface area contributed by atoms with Gasteiger partial charge in [-0.1, -0.05) is 15.9 Å². The van der Waals surface area contributed by atoms with Gasteiger partial charge < -0.3 is 0 Å². The second-order valence-corrected chi connectivity index (χ2v) is 3.39. The fraction of sp³-hybridized carbons (Fsp3) is 0.833. The van der Waals surface area contributed by atoms with Gasteiger partial charge in [-0.2, -0.15) is 17.0 Å². The zero-order valence-corrected chi connectivity index (χ0v) is 7.83. The van der Waals surface area contributed by atoms with Gasteiger partial charge in [-0.3, -0.25) is 0 Å². The number of thioether (sulfide) groups is 1. The van der Waals surface area contributed by atoms with Crippen LogP contribution < -0.4 is 0 Å². The van der Waals surface area contributed by atoms with E-state index in [0.29, 0.717) is 0 Å². The molecule has 0 aliphatic carbocycles. The molecule has 0 radical (unpaired) electrons. The molecule has 0 aromatic heterocycles. The fourth-order valence-corrected chi connectivity index (χ4v) is 1.43. The van der Waals surface area contributed by atoms with E-state index in [0.717, 1.165) is 17.5 Å². The van der Waals surface area contributed by atoms with Gasteiger partial charge in [0, 0.05) is 5.33 Å². The van der Waals surface area contributed by atoms with Gasteiger partial charge in [0.25, 0.3) is 0 Å². The molecule has 0 saturated heterocycles. The van der Waals surface area contributed by atoms with Gasteiger partial charge in [0.2, 0.25) is 0 Å².